The van der Waals surface area contributed by atoms with E-state index in [-0.39, 0.29) is 16.9 Å². The van der Waals surface area contributed by atoms with Gasteiger partial charge in [-0.15, -0.1) is 11.3 Å². The van der Waals surface area contributed by atoms with Crippen molar-refractivity contribution in [3.05, 3.63) is 16.0 Å². The van der Waals surface area contributed by atoms with Crippen LogP contribution in [0, 0.1) is 39.4 Å². The molecule has 1 N–H and O–H groups in total. The van der Waals surface area contributed by atoms with Crippen molar-refractivity contribution in [2.45, 2.75) is 26.7 Å². The van der Waals surface area contributed by atoms with Gasteiger partial charge < -0.3 is 0 Å². The van der Waals surface area contributed by atoms with E-state index in [4.69, 9.17) is 10.5 Å². The fourth-order valence-electron chi connectivity index (χ4n) is 2.29. The number of thiophene rings is 1. The lowest BCUT2D eigenvalue weighted by atomic mass is 9.75. The zero-order chi connectivity index (χ0) is 15.6. The number of carbonyl (C=O) groups excluding carboxylic acids is 1. The molecule has 1 aliphatic rings. The molecular formula is C14H11N5OS. The summed E-state index contributed by atoms with van der Waals surface area (Å²) in [6.07, 6.45) is 1.08. The molecule has 1 aromatic rings. The largest absolute Gasteiger partial charge is 0.293 e. The lowest BCUT2D eigenvalue weighted by Crippen LogP contribution is -2.26. The van der Waals surface area contributed by atoms with E-state index < -0.39 is 0 Å². The number of fused-ring (bicyclic) bond motifs is 1. The summed E-state index contributed by atoms with van der Waals surface area (Å²) in [6.45, 7) is 3.97. The first-order valence-corrected chi connectivity index (χ1v) is 6.96. The van der Waals surface area contributed by atoms with Crippen molar-refractivity contribution in [2.24, 2.45) is 10.5 Å². The second-order valence-corrected chi connectivity index (χ2v) is 6.48. The van der Waals surface area contributed by atoms with Gasteiger partial charge in [-0.1, -0.05) is 13.8 Å². The average Bonchev–Trinajstić information content (AvgIpc) is 2.76. The van der Waals surface area contributed by atoms with E-state index >= 15 is 0 Å². The van der Waals surface area contributed by atoms with Crippen molar-refractivity contribution in [2.75, 3.05) is 5.43 Å². The number of nitrogens with one attached hydrogen (secondary N) is 1. The number of ketones is 1. The number of rotatable bonds is 2. The van der Waals surface area contributed by atoms with Crippen molar-refractivity contribution in [3.8, 4) is 18.2 Å². The van der Waals surface area contributed by atoms with Crippen LogP contribution in [-0.2, 0) is 6.42 Å². The Morgan fingerprint density at radius 3 is 2.52 bits per heavy atom. The third-order valence-electron chi connectivity index (χ3n) is 3.15. The van der Waals surface area contributed by atoms with Gasteiger partial charge in [-0.05, 0) is 17.4 Å². The predicted octanol–water partition coefficient (Wildman–Crippen LogP) is 2.59. The summed E-state index contributed by atoms with van der Waals surface area (Å²) in [6, 6.07) is 5.33. The first kappa shape index (κ1) is 14.7. The smallest absolute Gasteiger partial charge is 0.237 e. The van der Waals surface area contributed by atoms with E-state index in [1.54, 1.807) is 12.1 Å². The van der Waals surface area contributed by atoms with E-state index in [9.17, 15) is 10.1 Å². The van der Waals surface area contributed by atoms with Crippen LogP contribution >= 0.6 is 11.3 Å². The zero-order valence-electron chi connectivity index (χ0n) is 11.5. The summed E-state index contributed by atoms with van der Waals surface area (Å²) in [5.41, 5.74) is 3.15. The zero-order valence-corrected chi connectivity index (χ0v) is 12.3. The molecule has 6 nitrogen and oxygen atoms in total. The van der Waals surface area contributed by atoms with Crippen LogP contribution in [0.2, 0.25) is 0 Å². The van der Waals surface area contributed by atoms with E-state index in [1.807, 2.05) is 13.8 Å². The average molecular weight is 297 g/mol. The highest BCUT2D eigenvalue weighted by Crippen LogP contribution is 2.43. The number of hydrazone groups is 1. The second-order valence-electron chi connectivity index (χ2n) is 5.46. The molecule has 0 unspecified atom stereocenters. The third kappa shape index (κ3) is 2.76. The van der Waals surface area contributed by atoms with Crippen LogP contribution in [0.15, 0.2) is 5.10 Å². The Labute approximate surface area is 125 Å². The monoisotopic (exact) mass is 297 g/mol. The van der Waals surface area contributed by atoms with Crippen LogP contribution in [0.1, 0.15) is 41.1 Å². The highest BCUT2D eigenvalue weighted by Gasteiger charge is 2.35. The molecule has 0 saturated heterocycles. The molecule has 0 spiro atoms. The molecule has 0 atom stereocenters. The van der Waals surface area contributed by atoms with Crippen LogP contribution in [0.25, 0.3) is 0 Å². The molecule has 0 radical (unpaired) electrons. The van der Waals surface area contributed by atoms with Crippen molar-refractivity contribution in [1.29, 1.82) is 15.8 Å². The van der Waals surface area contributed by atoms with E-state index in [0.717, 1.165) is 16.9 Å². The van der Waals surface area contributed by atoms with Crippen molar-refractivity contribution in [3.63, 3.8) is 0 Å². The first-order valence-electron chi connectivity index (χ1n) is 6.14. The topological polar surface area (TPSA) is 113 Å². The van der Waals surface area contributed by atoms with Crippen LogP contribution < -0.4 is 5.43 Å². The van der Waals surface area contributed by atoms with Gasteiger partial charge in [-0.25, -0.2) is 0 Å². The SMILES string of the molecule is CC1(C)CC(=O)c2sc(NN=C(C#N)C#N)c(C#N)c2C1. The number of Topliss-reactive ketones (excluding diaryl/α,β-unsaturated/α-hetero) is 1. The van der Waals surface area contributed by atoms with Gasteiger partial charge in [0.25, 0.3) is 0 Å². The van der Waals surface area contributed by atoms with Gasteiger partial charge in [-0.3, -0.25) is 10.2 Å². The van der Waals surface area contributed by atoms with Crippen LogP contribution in [-0.4, -0.2) is 11.5 Å². The Morgan fingerprint density at radius 1 is 1.29 bits per heavy atom. The lowest BCUT2D eigenvalue weighted by Gasteiger charge is -2.28. The number of hydrogen-bond donors (Lipinski definition) is 1. The Hall–Kier alpha value is -2.69. The maximum absolute atomic E-state index is 12.2. The molecule has 1 aliphatic carbocycles. The molecule has 0 saturated carbocycles. The Morgan fingerprint density at radius 2 is 1.95 bits per heavy atom. The quantitative estimate of drug-likeness (QED) is 0.665. The maximum atomic E-state index is 12.2. The predicted molar refractivity (Wildman–Crippen MR) is 77.8 cm³/mol. The highest BCUT2D eigenvalue weighted by molar-refractivity contribution is 7.18. The Balaban J connectivity index is 2.47. The van der Waals surface area contributed by atoms with Gasteiger partial charge in [0.15, 0.2) is 5.78 Å². The molecule has 7 heteroatoms. The Kier molecular flexibility index (Phi) is 3.76. The summed E-state index contributed by atoms with van der Waals surface area (Å²) in [7, 11) is 0. The molecule has 0 fully saturated rings. The molecule has 0 aromatic carbocycles. The standard InChI is InChI=1S/C14H11N5OS/c1-14(2)3-9-10(7-17)13(19-18-8(5-15)6-16)21-12(9)11(20)4-14/h19H,3-4H2,1-2H3. The fraction of sp³-hybridized carbons (Fsp3) is 0.357. The van der Waals surface area contributed by atoms with Gasteiger partial charge >= 0.3 is 0 Å². The van der Waals surface area contributed by atoms with Crippen LogP contribution in [0.3, 0.4) is 0 Å². The molecular weight excluding hydrogens is 286 g/mol. The third-order valence-corrected chi connectivity index (χ3v) is 4.33. The minimum atomic E-state index is -0.336. The summed E-state index contributed by atoms with van der Waals surface area (Å²) in [4.78, 5) is 12.7. The summed E-state index contributed by atoms with van der Waals surface area (Å²) >= 11 is 1.15. The van der Waals surface area contributed by atoms with E-state index in [0.29, 0.717) is 28.3 Å². The van der Waals surface area contributed by atoms with Gasteiger partial charge in [0.05, 0.1) is 10.4 Å². The Bertz CT molecular complexity index is 751. The summed E-state index contributed by atoms with van der Waals surface area (Å²) < 4.78 is 0. The number of nitriles is 3. The molecule has 21 heavy (non-hydrogen) atoms. The van der Waals surface area contributed by atoms with Gasteiger partial charge in [0.1, 0.15) is 23.2 Å². The maximum Gasteiger partial charge on any atom is 0.237 e. The minimum absolute atomic E-state index is 0.0144. The highest BCUT2D eigenvalue weighted by atomic mass is 32.1. The number of anilines is 1. The van der Waals surface area contributed by atoms with Gasteiger partial charge in [0, 0.05) is 6.42 Å². The molecule has 0 aliphatic heterocycles. The molecule has 104 valence electrons. The molecule has 2 rings (SSSR count). The second kappa shape index (κ2) is 5.36. The first-order chi connectivity index (χ1) is 9.91. The minimum Gasteiger partial charge on any atom is -0.293 e. The van der Waals surface area contributed by atoms with E-state index in [2.05, 4.69) is 16.6 Å². The van der Waals surface area contributed by atoms with Crippen molar-refractivity contribution in [1.82, 2.24) is 0 Å². The van der Waals surface area contributed by atoms with Crippen LogP contribution in [0.5, 0.6) is 0 Å². The number of carbonyl (C=O) groups is 1. The molecule has 1 heterocycles. The number of hydrogen-bond acceptors (Lipinski definition) is 7. The van der Waals surface area contributed by atoms with Gasteiger partial charge in [0.2, 0.25) is 5.71 Å². The molecule has 0 bridgehead atoms. The normalized spacial score (nSPS) is 15.1. The van der Waals surface area contributed by atoms with E-state index in [1.165, 1.54) is 0 Å². The summed E-state index contributed by atoms with van der Waals surface area (Å²) in [5.74, 6) is 0.0144. The van der Waals surface area contributed by atoms with Crippen LogP contribution in [0.4, 0.5) is 5.00 Å². The summed E-state index contributed by atoms with van der Waals surface area (Å²) in [5, 5.41) is 30.7. The van der Waals surface area contributed by atoms with Crippen molar-refractivity contribution < 1.29 is 4.79 Å². The molecule has 1 aromatic heterocycles. The lowest BCUT2D eigenvalue weighted by molar-refractivity contribution is 0.0917. The number of nitrogens with zero attached hydrogens (tertiary/aromatic N) is 4. The molecule has 0 amide bonds. The fourth-order valence-corrected chi connectivity index (χ4v) is 3.34. The van der Waals surface area contributed by atoms with Gasteiger partial charge in [-0.2, -0.15) is 20.9 Å². The van der Waals surface area contributed by atoms with Crippen molar-refractivity contribution >= 4 is 27.8 Å².